The molecule has 2 aromatic rings. The number of carbonyl (C=O) groups excluding carboxylic acids is 1. The van der Waals surface area contributed by atoms with E-state index < -0.39 is 0 Å². The van der Waals surface area contributed by atoms with E-state index in [0.717, 1.165) is 22.8 Å². The highest BCUT2D eigenvalue weighted by Crippen LogP contribution is 2.29. The molecule has 25 heavy (non-hydrogen) atoms. The molecule has 0 saturated carbocycles. The van der Waals surface area contributed by atoms with Crippen LogP contribution in [0.3, 0.4) is 0 Å². The van der Waals surface area contributed by atoms with Gasteiger partial charge >= 0.3 is 0 Å². The van der Waals surface area contributed by atoms with Crippen LogP contribution in [0, 0.1) is 5.92 Å². The summed E-state index contributed by atoms with van der Waals surface area (Å²) >= 11 is 1.69. The van der Waals surface area contributed by atoms with Gasteiger partial charge in [0.05, 0.1) is 20.3 Å². The molecule has 2 atom stereocenters. The maximum Gasteiger partial charge on any atom is 0.224 e. The number of hydrogen-bond acceptors (Lipinski definition) is 4. The number of thioether (sulfide) groups is 1. The van der Waals surface area contributed by atoms with E-state index in [0.29, 0.717) is 0 Å². The Kier molecular flexibility index (Phi) is 7.19. The van der Waals surface area contributed by atoms with E-state index in [9.17, 15) is 4.79 Å². The lowest BCUT2D eigenvalue weighted by Crippen LogP contribution is -2.32. The van der Waals surface area contributed by atoms with Gasteiger partial charge in [0.25, 0.3) is 0 Å². The molecule has 0 radical (unpaired) electrons. The minimum absolute atomic E-state index is 0.0285. The molecule has 4 nitrogen and oxygen atoms in total. The van der Waals surface area contributed by atoms with Gasteiger partial charge in [0.1, 0.15) is 11.5 Å². The van der Waals surface area contributed by atoms with Crippen LogP contribution in [0.1, 0.15) is 25.5 Å². The summed E-state index contributed by atoms with van der Waals surface area (Å²) in [5, 5.41) is 3.07. The summed E-state index contributed by atoms with van der Waals surface area (Å²) in [6.07, 6.45) is 0. The molecule has 0 aliphatic carbocycles. The molecule has 1 amide bonds. The molecule has 0 saturated heterocycles. The number of benzene rings is 2. The van der Waals surface area contributed by atoms with Gasteiger partial charge < -0.3 is 14.8 Å². The monoisotopic (exact) mass is 359 g/mol. The molecule has 0 heterocycles. The van der Waals surface area contributed by atoms with Crippen molar-refractivity contribution >= 4 is 17.7 Å². The van der Waals surface area contributed by atoms with Crippen LogP contribution in [0.5, 0.6) is 11.5 Å². The van der Waals surface area contributed by atoms with Crippen LogP contribution in [0.15, 0.2) is 53.4 Å². The third-order valence-corrected chi connectivity index (χ3v) is 5.23. The van der Waals surface area contributed by atoms with Crippen molar-refractivity contribution in [2.45, 2.75) is 24.8 Å². The first-order valence-corrected chi connectivity index (χ1v) is 9.23. The summed E-state index contributed by atoms with van der Waals surface area (Å²) in [4.78, 5) is 13.7. The van der Waals surface area contributed by atoms with Crippen molar-refractivity contribution in [2.75, 3.05) is 20.0 Å². The van der Waals surface area contributed by atoms with Crippen LogP contribution in [0.25, 0.3) is 0 Å². The summed E-state index contributed by atoms with van der Waals surface area (Å²) in [5.74, 6) is 2.15. The van der Waals surface area contributed by atoms with E-state index in [4.69, 9.17) is 9.47 Å². The Hall–Kier alpha value is -2.14. The number of nitrogens with one attached hydrogen (secondary N) is 1. The van der Waals surface area contributed by atoms with Gasteiger partial charge in [-0.05, 0) is 37.3 Å². The van der Waals surface area contributed by atoms with Gasteiger partial charge in [0.2, 0.25) is 5.91 Å². The van der Waals surface area contributed by atoms with Crippen molar-refractivity contribution in [1.82, 2.24) is 5.32 Å². The fourth-order valence-corrected chi connectivity index (χ4v) is 3.37. The molecule has 0 bridgehead atoms. The van der Waals surface area contributed by atoms with E-state index >= 15 is 0 Å². The largest absolute Gasteiger partial charge is 0.497 e. The Bertz CT molecular complexity index is 691. The third-order valence-electron chi connectivity index (χ3n) is 3.95. The molecule has 2 aromatic carbocycles. The normalized spacial score (nSPS) is 13.0. The maximum absolute atomic E-state index is 12.5. The maximum atomic E-state index is 12.5. The minimum Gasteiger partial charge on any atom is -0.497 e. The summed E-state index contributed by atoms with van der Waals surface area (Å²) in [6, 6.07) is 15.5. The Morgan fingerprint density at radius 3 is 2.44 bits per heavy atom. The zero-order valence-electron chi connectivity index (χ0n) is 15.1. The van der Waals surface area contributed by atoms with Crippen LogP contribution >= 0.6 is 11.8 Å². The standard InChI is InChI=1S/C20H25NO3S/c1-14(13-25-17-8-6-5-7-9-17)20(22)21-15(2)18-12-16(23-3)10-11-19(18)24-4/h5-12,14-15H,13H2,1-4H3,(H,21,22). The zero-order valence-corrected chi connectivity index (χ0v) is 15.9. The van der Waals surface area contributed by atoms with E-state index in [2.05, 4.69) is 17.4 Å². The van der Waals surface area contributed by atoms with Gasteiger partial charge in [0, 0.05) is 22.1 Å². The zero-order chi connectivity index (χ0) is 18.2. The molecule has 2 rings (SSSR count). The van der Waals surface area contributed by atoms with Gasteiger partial charge in [-0.3, -0.25) is 4.79 Å². The van der Waals surface area contributed by atoms with Gasteiger partial charge in [0.15, 0.2) is 0 Å². The molecule has 0 spiro atoms. The molecular formula is C20H25NO3S. The lowest BCUT2D eigenvalue weighted by molar-refractivity contribution is -0.124. The summed E-state index contributed by atoms with van der Waals surface area (Å²) in [7, 11) is 3.25. The molecule has 0 aliphatic rings. The van der Waals surface area contributed by atoms with Crippen LogP contribution in [0.4, 0.5) is 0 Å². The third kappa shape index (κ3) is 5.43. The highest BCUT2D eigenvalue weighted by molar-refractivity contribution is 7.99. The first-order valence-electron chi connectivity index (χ1n) is 8.25. The first-order chi connectivity index (χ1) is 12.0. The molecule has 0 aliphatic heterocycles. The summed E-state index contributed by atoms with van der Waals surface area (Å²) in [5.41, 5.74) is 0.901. The Morgan fingerprint density at radius 2 is 1.80 bits per heavy atom. The van der Waals surface area contributed by atoms with Crippen LogP contribution in [-0.2, 0) is 4.79 Å². The van der Waals surface area contributed by atoms with Crippen LogP contribution in [0.2, 0.25) is 0 Å². The summed E-state index contributed by atoms with van der Waals surface area (Å²) < 4.78 is 10.7. The Labute approximate surface area is 153 Å². The lowest BCUT2D eigenvalue weighted by atomic mass is 10.1. The van der Waals surface area contributed by atoms with Crippen molar-refractivity contribution < 1.29 is 14.3 Å². The second-order valence-electron chi connectivity index (χ2n) is 5.86. The fourth-order valence-electron chi connectivity index (χ4n) is 2.42. The molecule has 0 fully saturated rings. The van der Waals surface area contributed by atoms with Gasteiger partial charge in [-0.15, -0.1) is 11.8 Å². The highest BCUT2D eigenvalue weighted by atomic mass is 32.2. The minimum atomic E-state index is -0.165. The quantitative estimate of drug-likeness (QED) is 0.714. The van der Waals surface area contributed by atoms with Crippen molar-refractivity contribution in [3.05, 3.63) is 54.1 Å². The first kappa shape index (κ1) is 19.2. The second kappa shape index (κ2) is 9.37. The predicted molar refractivity (Wildman–Crippen MR) is 102 cm³/mol. The lowest BCUT2D eigenvalue weighted by Gasteiger charge is -2.20. The molecule has 134 valence electrons. The molecule has 2 unspecified atom stereocenters. The Balaban J connectivity index is 1.97. The van der Waals surface area contributed by atoms with Gasteiger partial charge in [-0.1, -0.05) is 25.1 Å². The van der Waals surface area contributed by atoms with E-state index in [1.54, 1.807) is 26.0 Å². The molecular weight excluding hydrogens is 334 g/mol. The van der Waals surface area contributed by atoms with Crippen LogP contribution < -0.4 is 14.8 Å². The number of amides is 1. The predicted octanol–water partition coefficient (Wildman–Crippen LogP) is 4.31. The topological polar surface area (TPSA) is 47.6 Å². The van der Waals surface area contributed by atoms with Crippen LogP contribution in [-0.4, -0.2) is 25.9 Å². The summed E-state index contributed by atoms with van der Waals surface area (Å²) in [6.45, 7) is 3.90. The molecule has 5 heteroatoms. The van der Waals surface area contributed by atoms with Crippen molar-refractivity contribution in [3.8, 4) is 11.5 Å². The van der Waals surface area contributed by atoms with Crippen molar-refractivity contribution in [1.29, 1.82) is 0 Å². The van der Waals surface area contributed by atoms with E-state index in [1.165, 1.54) is 4.90 Å². The average molecular weight is 359 g/mol. The number of carbonyl (C=O) groups is 1. The number of methoxy groups -OCH3 is 2. The SMILES string of the molecule is COc1ccc(OC)c(C(C)NC(=O)C(C)CSc2ccccc2)c1. The Morgan fingerprint density at radius 1 is 1.08 bits per heavy atom. The number of hydrogen-bond donors (Lipinski definition) is 1. The molecule has 1 N–H and O–H groups in total. The smallest absolute Gasteiger partial charge is 0.224 e. The van der Waals surface area contributed by atoms with Crippen molar-refractivity contribution in [2.24, 2.45) is 5.92 Å². The second-order valence-corrected chi connectivity index (χ2v) is 6.96. The van der Waals surface area contributed by atoms with E-state index in [-0.39, 0.29) is 17.9 Å². The van der Waals surface area contributed by atoms with Crippen molar-refractivity contribution in [3.63, 3.8) is 0 Å². The van der Waals surface area contributed by atoms with E-state index in [1.807, 2.05) is 50.2 Å². The average Bonchev–Trinajstić information content (AvgIpc) is 2.66. The number of ether oxygens (including phenoxy) is 2. The number of rotatable bonds is 8. The molecule has 0 aromatic heterocycles. The van der Waals surface area contributed by atoms with Gasteiger partial charge in [-0.2, -0.15) is 0 Å². The highest BCUT2D eigenvalue weighted by Gasteiger charge is 2.19. The van der Waals surface area contributed by atoms with Gasteiger partial charge in [-0.25, -0.2) is 0 Å². The fraction of sp³-hybridized carbons (Fsp3) is 0.350.